The molecule has 1 N–H and O–H groups in total. The van der Waals surface area contributed by atoms with E-state index in [9.17, 15) is 14.4 Å². The Bertz CT molecular complexity index is 866. The molecule has 2 aromatic rings. The third-order valence-electron chi connectivity index (χ3n) is 3.83. The summed E-state index contributed by atoms with van der Waals surface area (Å²) in [6, 6.07) is 9.85. The molecule has 0 aliphatic carbocycles. The molecule has 0 atom stereocenters. The maximum Gasteiger partial charge on any atom is 0.265 e. The Hall–Kier alpha value is -2.86. The Labute approximate surface area is 149 Å². The molecule has 7 heteroatoms. The van der Waals surface area contributed by atoms with Crippen LogP contribution in [0.4, 0.5) is 11.4 Å². The summed E-state index contributed by atoms with van der Waals surface area (Å²) < 4.78 is 5.34. The zero-order valence-electron chi connectivity index (χ0n) is 13.4. The number of carbonyl (C=O) groups is 3. The smallest absolute Gasteiger partial charge is 0.265 e. The van der Waals surface area contributed by atoms with Gasteiger partial charge in [0.05, 0.1) is 5.69 Å². The Morgan fingerprint density at radius 3 is 2.84 bits per heavy atom. The fourth-order valence-electron chi connectivity index (χ4n) is 2.57. The van der Waals surface area contributed by atoms with Gasteiger partial charge in [-0.25, -0.2) is 0 Å². The predicted molar refractivity (Wildman–Crippen MR) is 94.5 cm³/mol. The van der Waals surface area contributed by atoms with Crippen molar-refractivity contribution >= 4 is 41.1 Å². The first-order chi connectivity index (χ1) is 12.0. The molecule has 1 aliphatic heterocycles. The Morgan fingerprint density at radius 2 is 2.12 bits per heavy atom. The molecule has 1 aliphatic rings. The first kappa shape index (κ1) is 17.0. The minimum absolute atomic E-state index is 0.152. The number of hydrogen-bond donors (Lipinski definition) is 1. The number of carbonyl (C=O) groups excluding carboxylic acids is 3. The van der Waals surface area contributed by atoms with Crippen molar-refractivity contribution in [2.24, 2.45) is 0 Å². The molecule has 6 nitrogen and oxygen atoms in total. The van der Waals surface area contributed by atoms with Crippen LogP contribution >= 0.6 is 11.6 Å². The molecule has 0 fully saturated rings. The number of halogens is 1. The van der Waals surface area contributed by atoms with Crippen molar-refractivity contribution in [2.45, 2.75) is 6.92 Å². The van der Waals surface area contributed by atoms with Gasteiger partial charge in [-0.2, -0.15) is 0 Å². The highest BCUT2D eigenvalue weighted by Gasteiger charge is 2.27. The summed E-state index contributed by atoms with van der Waals surface area (Å²) in [6.45, 7) is 1.49. The van der Waals surface area contributed by atoms with Gasteiger partial charge in [-0.15, -0.1) is 0 Å². The number of anilines is 2. The van der Waals surface area contributed by atoms with Gasteiger partial charge in [-0.05, 0) is 48.9 Å². The van der Waals surface area contributed by atoms with E-state index in [1.54, 1.807) is 30.3 Å². The maximum absolute atomic E-state index is 12.4. The van der Waals surface area contributed by atoms with E-state index in [0.717, 1.165) is 5.56 Å². The second kappa shape index (κ2) is 6.94. The van der Waals surface area contributed by atoms with E-state index < -0.39 is 0 Å². The highest BCUT2D eigenvalue weighted by atomic mass is 35.5. The zero-order valence-corrected chi connectivity index (χ0v) is 14.2. The van der Waals surface area contributed by atoms with Crippen molar-refractivity contribution in [1.29, 1.82) is 0 Å². The van der Waals surface area contributed by atoms with Gasteiger partial charge in [0.15, 0.2) is 6.61 Å². The van der Waals surface area contributed by atoms with Crippen molar-refractivity contribution in [3.63, 3.8) is 0 Å². The van der Waals surface area contributed by atoms with Crippen molar-refractivity contribution in [3.05, 3.63) is 52.5 Å². The molecule has 0 saturated carbocycles. The van der Waals surface area contributed by atoms with Gasteiger partial charge in [0, 0.05) is 16.3 Å². The molecule has 0 spiro atoms. The van der Waals surface area contributed by atoms with E-state index in [0.29, 0.717) is 34.0 Å². The van der Waals surface area contributed by atoms with Gasteiger partial charge >= 0.3 is 0 Å². The van der Waals surface area contributed by atoms with Crippen molar-refractivity contribution < 1.29 is 19.1 Å². The van der Waals surface area contributed by atoms with E-state index in [1.807, 2.05) is 6.92 Å². The minimum Gasteiger partial charge on any atom is -0.482 e. The number of fused-ring (bicyclic) bond motifs is 1. The molecule has 25 heavy (non-hydrogen) atoms. The second-order valence-electron chi connectivity index (χ2n) is 5.62. The lowest BCUT2D eigenvalue weighted by molar-refractivity contribution is -0.123. The number of hydrogen-bond acceptors (Lipinski definition) is 4. The van der Waals surface area contributed by atoms with Crippen LogP contribution in [0.2, 0.25) is 5.02 Å². The zero-order chi connectivity index (χ0) is 18.0. The average Bonchev–Trinajstić information content (AvgIpc) is 2.59. The summed E-state index contributed by atoms with van der Waals surface area (Å²) in [5.41, 5.74) is 2.25. The number of amides is 2. The molecule has 0 unspecified atom stereocenters. The Balaban J connectivity index is 1.81. The normalized spacial score (nSPS) is 13.0. The Kier molecular flexibility index (Phi) is 4.72. The highest BCUT2D eigenvalue weighted by molar-refractivity contribution is 6.30. The summed E-state index contributed by atoms with van der Waals surface area (Å²) in [5, 5.41) is 3.34. The van der Waals surface area contributed by atoms with Gasteiger partial charge in [0.1, 0.15) is 18.6 Å². The van der Waals surface area contributed by atoms with Crippen LogP contribution in [0.25, 0.3) is 0 Å². The molecular formula is C18H15ClN2O4. The molecular weight excluding hydrogens is 344 g/mol. The van der Waals surface area contributed by atoms with Gasteiger partial charge in [0.2, 0.25) is 5.91 Å². The molecule has 2 aromatic carbocycles. The standard InChI is InChI=1S/C18H15ClN2O4/c1-11-6-13(19)3-4-14(11)20-17(23)8-21-15-7-12(9-22)2-5-16(15)25-10-18(21)24/h2-7,9H,8,10H2,1H3,(H,20,23). The number of rotatable bonds is 4. The van der Waals surface area contributed by atoms with Crippen LogP contribution in [0.3, 0.4) is 0 Å². The van der Waals surface area contributed by atoms with E-state index in [2.05, 4.69) is 5.32 Å². The molecule has 3 rings (SSSR count). The van der Waals surface area contributed by atoms with E-state index in [-0.39, 0.29) is 25.0 Å². The summed E-state index contributed by atoms with van der Waals surface area (Å²) in [6.07, 6.45) is 0.675. The number of ether oxygens (including phenoxy) is 1. The van der Waals surface area contributed by atoms with Gasteiger partial charge in [-0.3, -0.25) is 19.3 Å². The van der Waals surface area contributed by atoms with Crippen LogP contribution in [0.15, 0.2) is 36.4 Å². The lowest BCUT2D eigenvalue weighted by Crippen LogP contribution is -2.43. The summed E-state index contributed by atoms with van der Waals surface area (Å²) in [5.74, 6) is -0.248. The largest absolute Gasteiger partial charge is 0.482 e. The third-order valence-corrected chi connectivity index (χ3v) is 4.06. The van der Waals surface area contributed by atoms with Crippen LogP contribution in [-0.2, 0) is 9.59 Å². The SMILES string of the molecule is Cc1cc(Cl)ccc1NC(=O)CN1C(=O)COc2ccc(C=O)cc21. The predicted octanol–water partition coefficient (Wildman–Crippen LogP) is 2.83. The lowest BCUT2D eigenvalue weighted by Gasteiger charge is -2.29. The highest BCUT2D eigenvalue weighted by Crippen LogP contribution is 2.32. The van der Waals surface area contributed by atoms with Crippen molar-refractivity contribution in [2.75, 3.05) is 23.4 Å². The number of benzene rings is 2. The molecule has 2 amide bonds. The van der Waals surface area contributed by atoms with Gasteiger partial charge < -0.3 is 10.1 Å². The minimum atomic E-state index is -0.358. The molecule has 1 heterocycles. The first-order valence-electron chi connectivity index (χ1n) is 7.56. The van der Waals surface area contributed by atoms with Crippen LogP contribution in [0.1, 0.15) is 15.9 Å². The molecule has 0 aromatic heterocycles. The van der Waals surface area contributed by atoms with Gasteiger partial charge in [-0.1, -0.05) is 11.6 Å². The van der Waals surface area contributed by atoms with Crippen LogP contribution in [0, 0.1) is 6.92 Å². The Morgan fingerprint density at radius 1 is 1.32 bits per heavy atom. The molecule has 128 valence electrons. The number of nitrogens with one attached hydrogen (secondary N) is 1. The number of aldehydes is 1. The monoisotopic (exact) mass is 358 g/mol. The van der Waals surface area contributed by atoms with Gasteiger partial charge in [0.25, 0.3) is 5.91 Å². The van der Waals surface area contributed by atoms with Crippen LogP contribution in [-0.4, -0.2) is 31.3 Å². The van der Waals surface area contributed by atoms with E-state index >= 15 is 0 Å². The lowest BCUT2D eigenvalue weighted by atomic mass is 10.1. The van der Waals surface area contributed by atoms with E-state index in [4.69, 9.17) is 16.3 Å². The summed E-state index contributed by atoms with van der Waals surface area (Å²) in [7, 11) is 0. The van der Waals surface area contributed by atoms with Crippen molar-refractivity contribution in [3.8, 4) is 5.75 Å². The molecule has 0 radical (unpaired) electrons. The molecule has 0 bridgehead atoms. The van der Waals surface area contributed by atoms with Crippen LogP contribution in [0.5, 0.6) is 5.75 Å². The number of aryl methyl sites for hydroxylation is 1. The van der Waals surface area contributed by atoms with Crippen LogP contribution < -0.4 is 15.0 Å². The maximum atomic E-state index is 12.4. The second-order valence-corrected chi connectivity index (χ2v) is 6.06. The quantitative estimate of drug-likeness (QED) is 0.853. The third kappa shape index (κ3) is 3.64. The fraction of sp³-hybridized carbons (Fsp3) is 0.167. The summed E-state index contributed by atoms with van der Waals surface area (Å²) >= 11 is 5.91. The topological polar surface area (TPSA) is 75.7 Å². The average molecular weight is 359 g/mol. The fourth-order valence-corrected chi connectivity index (χ4v) is 2.79. The van der Waals surface area contributed by atoms with Crippen molar-refractivity contribution in [1.82, 2.24) is 0 Å². The molecule has 0 saturated heterocycles. The first-order valence-corrected chi connectivity index (χ1v) is 7.94. The van der Waals surface area contributed by atoms with E-state index in [1.165, 1.54) is 11.0 Å². The summed E-state index contributed by atoms with van der Waals surface area (Å²) in [4.78, 5) is 36.8. The number of nitrogens with zero attached hydrogens (tertiary/aromatic N) is 1.